The molecule has 1 aromatic heterocycles. The van der Waals surface area contributed by atoms with Crippen molar-refractivity contribution >= 4 is 38.8 Å². The van der Waals surface area contributed by atoms with Crippen LogP contribution in [0.25, 0.3) is 10.2 Å². The molecule has 6 rings (SSSR count). The van der Waals surface area contributed by atoms with Crippen LogP contribution in [-0.4, -0.2) is 11.0 Å². The van der Waals surface area contributed by atoms with E-state index in [1.54, 1.807) is 11.3 Å². The molecule has 21 heavy (non-hydrogen) atoms. The van der Waals surface area contributed by atoms with Gasteiger partial charge in [-0.3, -0.25) is 0 Å². The first kappa shape index (κ1) is 12.7. The highest BCUT2D eigenvalue weighted by Gasteiger charge is 2.48. The number of nitrogens with zero attached hydrogens (tertiary/aromatic N) is 1. The summed E-state index contributed by atoms with van der Waals surface area (Å²) in [4.78, 5) is 4.53. The number of hydrogen-bond donors (Lipinski definition) is 1. The van der Waals surface area contributed by atoms with Gasteiger partial charge in [-0.15, -0.1) is 11.3 Å². The van der Waals surface area contributed by atoms with Gasteiger partial charge in [0, 0.05) is 6.04 Å². The third kappa shape index (κ3) is 1.93. The second-order valence-corrected chi connectivity index (χ2v) is 8.52. The zero-order chi connectivity index (χ0) is 14.0. The minimum Gasteiger partial charge on any atom is -0.379 e. The molecule has 2 nitrogen and oxygen atoms in total. The van der Waals surface area contributed by atoms with Crippen LogP contribution in [0.15, 0.2) is 17.6 Å². The first-order valence-corrected chi connectivity index (χ1v) is 9.32. The van der Waals surface area contributed by atoms with Crippen molar-refractivity contribution in [1.82, 2.24) is 4.98 Å². The van der Waals surface area contributed by atoms with E-state index in [2.05, 4.69) is 16.4 Å². The fraction of sp³-hybridized carbons (Fsp3) is 0.588. The highest BCUT2D eigenvalue weighted by Crippen LogP contribution is 2.54. The van der Waals surface area contributed by atoms with E-state index in [9.17, 15) is 0 Å². The van der Waals surface area contributed by atoms with Crippen LogP contribution in [0.2, 0.25) is 5.02 Å². The Balaban J connectivity index is 1.51. The third-order valence-corrected chi connectivity index (χ3v) is 7.10. The molecular weight excluding hydrogens is 300 g/mol. The average molecular weight is 319 g/mol. The number of fused-ring (bicyclic) bond motifs is 1. The van der Waals surface area contributed by atoms with E-state index in [4.69, 9.17) is 11.6 Å². The quantitative estimate of drug-likeness (QED) is 0.824. The van der Waals surface area contributed by atoms with Crippen molar-refractivity contribution < 1.29 is 0 Å². The predicted octanol–water partition coefficient (Wildman–Crippen LogP) is 5.19. The molecule has 4 bridgehead atoms. The van der Waals surface area contributed by atoms with Crippen LogP contribution in [0.1, 0.15) is 32.1 Å². The largest absolute Gasteiger partial charge is 0.379 e. The fourth-order valence-electron chi connectivity index (χ4n) is 5.37. The Kier molecular flexibility index (Phi) is 2.78. The second kappa shape index (κ2) is 4.60. The van der Waals surface area contributed by atoms with Crippen LogP contribution in [0.4, 0.5) is 5.69 Å². The molecule has 1 heterocycles. The van der Waals surface area contributed by atoms with Gasteiger partial charge in [-0.05, 0) is 67.9 Å². The summed E-state index contributed by atoms with van der Waals surface area (Å²) in [5.41, 5.74) is 4.05. The van der Waals surface area contributed by atoms with Gasteiger partial charge in [0.25, 0.3) is 0 Å². The van der Waals surface area contributed by atoms with Crippen LogP contribution in [-0.2, 0) is 0 Å². The Morgan fingerprint density at radius 1 is 1.05 bits per heavy atom. The SMILES string of the molecule is Clc1ccc2scnc2c1NC1C2CC3CC(C2)CC1C3. The molecule has 0 spiro atoms. The van der Waals surface area contributed by atoms with Crippen LogP contribution in [0.5, 0.6) is 0 Å². The number of benzene rings is 1. The molecule has 110 valence electrons. The molecule has 0 atom stereocenters. The molecule has 0 saturated heterocycles. The summed E-state index contributed by atoms with van der Waals surface area (Å²) in [6.07, 6.45) is 7.21. The van der Waals surface area contributed by atoms with Gasteiger partial charge in [0.1, 0.15) is 5.52 Å². The number of thiazole rings is 1. The maximum absolute atomic E-state index is 6.48. The lowest BCUT2D eigenvalue weighted by Crippen LogP contribution is -2.51. The van der Waals surface area contributed by atoms with Crippen molar-refractivity contribution in [2.45, 2.75) is 38.1 Å². The van der Waals surface area contributed by atoms with E-state index in [-0.39, 0.29) is 0 Å². The number of aromatic nitrogens is 1. The standard InChI is InChI=1S/C17H19ClN2S/c18-13-1-2-14-17(19-8-21-14)16(13)20-15-11-4-9-3-10(6-11)7-12(15)5-9/h1-2,8-12,15,20H,3-7H2. The summed E-state index contributed by atoms with van der Waals surface area (Å²) in [5, 5.41) is 4.66. The highest BCUT2D eigenvalue weighted by molar-refractivity contribution is 7.16. The zero-order valence-electron chi connectivity index (χ0n) is 11.9. The van der Waals surface area contributed by atoms with Gasteiger partial charge in [0.05, 0.1) is 20.9 Å². The first-order chi connectivity index (χ1) is 10.3. The highest BCUT2D eigenvalue weighted by atomic mass is 35.5. The molecule has 4 heteroatoms. The summed E-state index contributed by atoms with van der Waals surface area (Å²) in [6.45, 7) is 0. The number of anilines is 1. The predicted molar refractivity (Wildman–Crippen MR) is 89.1 cm³/mol. The van der Waals surface area contributed by atoms with E-state index in [0.717, 1.165) is 39.9 Å². The van der Waals surface area contributed by atoms with Gasteiger partial charge in [-0.2, -0.15) is 0 Å². The smallest absolute Gasteiger partial charge is 0.106 e. The zero-order valence-corrected chi connectivity index (χ0v) is 13.5. The van der Waals surface area contributed by atoms with E-state index >= 15 is 0 Å². The molecule has 4 aliphatic rings. The topological polar surface area (TPSA) is 24.9 Å². The van der Waals surface area contributed by atoms with Gasteiger partial charge >= 0.3 is 0 Å². The summed E-state index contributed by atoms with van der Waals surface area (Å²) in [6, 6.07) is 4.71. The maximum atomic E-state index is 6.48. The molecule has 1 N–H and O–H groups in total. The number of halogens is 1. The van der Waals surface area contributed by atoms with E-state index < -0.39 is 0 Å². The number of hydrogen-bond acceptors (Lipinski definition) is 3. The second-order valence-electron chi connectivity index (χ2n) is 7.22. The van der Waals surface area contributed by atoms with Crippen molar-refractivity contribution in [3.05, 3.63) is 22.7 Å². The summed E-state index contributed by atoms with van der Waals surface area (Å²) in [5.74, 6) is 3.73. The van der Waals surface area contributed by atoms with Crippen LogP contribution >= 0.6 is 22.9 Å². The van der Waals surface area contributed by atoms with Gasteiger partial charge < -0.3 is 5.32 Å². The third-order valence-electron chi connectivity index (χ3n) is 5.99. The van der Waals surface area contributed by atoms with Crippen molar-refractivity contribution in [2.75, 3.05) is 5.32 Å². The van der Waals surface area contributed by atoms with Crippen LogP contribution in [0, 0.1) is 23.7 Å². The van der Waals surface area contributed by atoms with Gasteiger partial charge in [0.2, 0.25) is 0 Å². The first-order valence-electron chi connectivity index (χ1n) is 8.06. The molecule has 0 unspecified atom stereocenters. The molecule has 4 fully saturated rings. The van der Waals surface area contributed by atoms with Gasteiger partial charge in [0.15, 0.2) is 0 Å². The van der Waals surface area contributed by atoms with Crippen LogP contribution < -0.4 is 5.32 Å². The van der Waals surface area contributed by atoms with Gasteiger partial charge in [-0.25, -0.2) is 4.98 Å². The Morgan fingerprint density at radius 2 is 1.76 bits per heavy atom. The molecule has 2 aromatic rings. The molecule has 4 saturated carbocycles. The van der Waals surface area contributed by atoms with Crippen LogP contribution in [0.3, 0.4) is 0 Å². The molecular formula is C17H19ClN2S. The molecule has 1 aromatic carbocycles. The number of rotatable bonds is 2. The summed E-state index contributed by atoms with van der Waals surface area (Å²) in [7, 11) is 0. The minimum absolute atomic E-state index is 0.614. The van der Waals surface area contributed by atoms with Crippen molar-refractivity contribution in [3.8, 4) is 0 Å². The summed E-state index contributed by atoms with van der Waals surface area (Å²) < 4.78 is 1.23. The summed E-state index contributed by atoms with van der Waals surface area (Å²) >= 11 is 8.17. The van der Waals surface area contributed by atoms with Gasteiger partial charge in [-0.1, -0.05) is 11.6 Å². The Labute approximate surface area is 133 Å². The normalized spacial score (nSPS) is 37.3. The fourth-order valence-corrected chi connectivity index (χ4v) is 6.26. The molecule has 0 radical (unpaired) electrons. The minimum atomic E-state index is 0.614. The monoisotopic (exact) mass is 318 g/mol. The van der Waals surface area contributed by atoms with Crippen molar-refractivity contribution in [3.63, 3.8) is 0 Å². The lowest BCUT2D eigenvalue weighted by atomic mass is 9.54. The van der Waals surface area contributed by atoms with Crippen molar-refractivity contribution in [1.29, 1.82) is 0 Å². The molecule has 0 aliphatic heterocycles. The number of nitrogens with one attached hydrogen (secondary N) is 1. The average Bonchev–Trinajstić information content (AvgIpc) is 2.92. The Morgan fingerprint density at radius 3 is 2.48 bits per heavy atom. The lowest BCUT2D eigenvalue weighted by Gasteiger charge is -2.54. The van der Waals surface area contributed by atoms with E-state index in [0.29, 0.717) is 6.04 Å². The molecule has 0 amide bonds. The van der Waals surface area contributed by atoms with E-state index in [1.807, 2.05) is 11.6 Å². The lowest BCUT2D eigenvalue weighted by molar-refractivity contribution is 0.00758. The molecule has 4 aliphatic carbocycles. The van der Waals surface area contributed by atoms with Crippen molar-refractivity contribution in [2.24, 2.45) is 23.7 Å². The Bertz CT molecular complexity index is 667. The Hall–Kier alpha value is -0.800. The van der Waals surface area contributed by atoms with E-state index in [1.165, 1.54) is 36.8 Å². The maximum Gasteiger partial charge on any atom is 0.106 e.